The van der Waals surface area contributed by atoms with Crippen LogP contribution in [0, 0.1) is 0 Å². The maximum atomic E-state index is 12.8. The number of hydrogen-bond donors (Lipinski definition) is 0. The van der Waals surface area contributed by atoms with Gasteiger partial charge < -0.3 is 24.3 Å². The van der Waals surface area contributed by atoms with Crippen LogP contribution >= 0.6 is 0 Å². The number of rotatable bonds is 3. The summed E-state index contributed by atoms with van der Waals surface area (Å²) in [6.45, 7) is 8.06. The highest BCUT2D eigenvalue weighted by Gasteiger charge is 2.26. The van der Waals surface area contributed by atoms with Crippen molar-refractivity contribution in [3.8, 4) is 0 Å². The molecule has 3 heterocycles. The number of nitrogens with zero attached hydrogens (tertiary/aromatic N) is 5. The number of pyridine rings is 1. The van der Waals surface area contributed by atoms with Gasteiger partial charge in [0.25, 0.3) is 5.91 Å². The van der Waals surface area contributed by atoms with Crippen LogP contribution in [-0.4, -0.2) is 97.7 Å². The van der Waals surface area contributed by atoms with E-state index in [1.54, 1.807) is 22.9 Å². The van der Waals surface area contributed by atoms with Gasteiger partial charge in [-0.1, -0.05) is 0 Å². The molecular weight excluding hydrogens is 334 g/mol. The van der Waals surface area contributed by atoms with E-state index in [0.717, 1.165) is 31.9 Å². The van der Waals surface area contributed by atoms with Crippen LogP contribution in [0.1, 0.15) is 17.3 Å². The van der Waals surface area contributed by atoms with E-state index >= 15 is 0 Å². The van der Waals surface area contributed by atoms with Gasteiger partial charge in [0.15, 0.2) is 0 Å². The molecule has 0 unspecified atom stereocenters. The summed E-state index contributed by atoms with van der Waals surface area (Å²) in [5.41, 5.74) is 1.60. The van der Waals surface area contributed by atoms with Gasteiger partial charge in [-0.3, -0.25) is 9.78 Å². The van der Waals surface area contributed by atoms with E-state index in [-0.39, 0.29) is 12.0 Å². The molecule has 2 saturated heterocycles. The normalized spacial score (nSPS) is 18.8. The van der Waals surface area contributed by atoms with E-state index in [1.165, 1.54) is 0 Å². The van der Waals surface area contributed by atoms with Gasteiger partial charge in [-0.2, -0.15) is 0 Å². The molecule has 2 fully saturated rings. The molecule has 26 heavy (non-hydrogen) atoms. The van der Waals surface area contributed by atoms with Crippen molar-refractivity contribution < 1.29 is 14.3 Å². The largest absolute Gasteiger partial charge is 0.450 e. The summed E-state index contributed by atoms with van der Waals surface area (Å²) in [7, 11) is 2.12. The van der Waals surface area contributed by atoms with Gasteiger partial charge in [0.2, 0.25) is 0 Å². The van der Waals surface area contributed by atoms with Crippen LogP contribution in [-0.2, 0) is 4.74 Å². The van der Waals surface area contributed by atoms with Crippen molar-refractivity contribution in [3.63, 3.8) is 0 Å². The second-order valence-corrected chi connectivity index (χ2v) is 6.70. The molecule has 1 aromatic heterocycles. The Balaban J connectivity index is 1.60. The Bertz CT molecular complexity index is 637. The number of ether oxygens (including phenoxy) is 1. The fourth-order valence-electron chi connectivity index (χ4n) is 3.27. The van der Waals surface area contributed by atoms with Gasteiger partial charge in [0.1, 0.15) is 0 Å². The first-order chi connectivity index (χ1) is 12.6. The molecule has 2 amide bonds. The lowest BCUT2D eigenvalue weighted by Crippen LogP contribution is -2.50. The van der Waals surface area contributed by atoms with Crippen LogP contribution in [0.15, 0.2) is 18.5 Å². The van der Waals surface area contributed by atoms with Gasteiger partial charge in [-0.25, -0.2) is 4.79 Å². The zero-order valence-electron chi connectivity index (χ0n) is 15.6. The van der Waals surface area contributed by atoms with Gasteiger partial charge in [0.05, 0.1) is 24.1 Å². The predicted molar refractivity (Wildman–Crippen MR) is 98.4 cm³/mol. The van der Waals surface area contributed by atoms with Gasteiger partial charge >= 0.3 is 6.09 Å². The number of aromatic nitrogens is 1. The molecule has 0 radical (unpaired) electrons. The number of carbonyl (C=O) groups is 2. The van der Waals surface area contributed by atoms with E-state index in [2.05, 4.69) is 21.8 Å². The topological polar surface area (TPSA) is 69.2 Å². The summed E-state index contributed by atoms with van der Waals surface area (Å²) >= 11 is 0. The van der Waals surface area contributed by atoms with Crippen molar-refractivity contribution in [1.82, 2.24) is 19.7 Å². The predicted octanol–water partition coefficient (Wildman–Crippen LogP) is 0.748. The Labute approximate surface area is 154 Å². The molecule has 0 aliphatic carbocycles. The zero-order valence-corrected chi connectivity index (χ0v) is 15.6. The minimum absolute atomic E-state index is 0.0306. The molecular formula is C18H27N5O3. The minimum atomic E-state index is -0.307. The van der Waals surface area contributed by atoms with E-state index in [0.29, 0.717) is 38.3 Å². The van der Waals surface area contributed by atoms with E-state index in [4.69, 9.17) is 4.74 Å². The third-order valence-electron chi connectivity index (χ3n) is 4.93. The Kier molecular flexibility index (Phi) is 5.92. The number of likely N-dealkylation sites (N-methyl/N-ethyl adjacent to an activating group) is 1. The van der Waals surface area contributed by atoms with Crippen LogP contribution in [0.25, 0.3) is 0 Å². The summed E-state index contributed by atoms with van der Waals surface area (Å²) < 4.78 is 5.02. The second kappa shape index (κ2) is 8.35. The first kappa shape index (κ1) is 18.4. The molecule has 8 nitrogen and oxygen atoms in total. The number of piperazine rings is 2. The number of hydrogen-bond acceptors (Lipinski definition) is 6. The number of amides is 2. The average molecular weight is 361 g/mol. The quantitative estimate of drug-likeness (QED) is 0.791. The van der Waals surface area contributed by atoms with E-state index < -0.39 is 0 Å². The van der Waals surface area contributed by atoms with Crippen molar-refractivity contribution >= 4 is 17.7 Å². The molecule has 0 aromatic carbocycles. The van der Waals surface area contributed by atoms with Crippen LogP contribution in [0.4, 0.5) is 10.5 Å². The lowest BCUT2D eigenvalue weighted by Gasteiger charge is -2.35. The molecule has 1 aromatic rings. The standard InChI is InChI=1S/C18H27N5O3/c1-3-26-18(25)23-10-8-22(9-11-23)17(24)15-12-16(14-19-13-15)21-6-4-20(2)5-7-21/h12-14H,3-11H2,1-2H3. The zero-order chi connectivity index (χ0) is 18.5. The highest BCUT2D eigenvalue weighted by molar-refractivity contribution is 5.95. The SMILES string of the molecule is CCOC(=O)N1CCN(C(=O)c2cncc(N3CCN(C)CC3)c2)CC1. The molecule has 3 rings (SSSR count). The second-order valence-electron chi connectivity index (χ2n) is 6.70. The highest BCUT2D eigenvalue weighted by Crippen LogP contribution is 2.18. The lowest BCUT2D eigenvalue weighted by atomic mass is 10.2. The van der Waals surface area contributed by atoms with E-state index in [1.807, 2.05) is 12.3 Å². The van der Waals surface area contributed by atoms with Crippen molar-refractivity contribution in [3.05, 3.63) is 24.0 Å². The molecule has 0 atom stereocenters. The van der Waals surface area contributed by atoms with Crippen LogP contribution in [0.2, 0.25) is 0 Å². The first-order valence-corrected chi connectivity index (χ1v) is 9.18. The molecule has 8 heteroatoms. The monoisotopic (exact) mass is 361 g/mol. The number of anilines is 1. The summed E-state index contributed by atoms with van der Waals surface area (Å²) in [5, 5.41) is 0. The molecule has 2 aliphatic heterocycles. The Morgan fingerprint density at radius 3 is 2.31 bits per heavy atom. The maximum Gasteiger partial charge on any atom is 0.409 e. The molecule has 0 spiro atoms. The fourth-order valence-corrected chi connectivity index (χ4v) is 3.27. The van der Waals surface area contributed by atoms with E-state index in [9.17, 15) is 9.59 Å². The van der Waals surface area contributed by atoms with Crippen LogP contribution in [0.3, 0.4) is 0 Å². The number of carbonyl (C=O) groups excluding carboxylic acids is 2. The summed E-state index contributed by atoms with van der Waals surface area (Å²) in [5.74, 6) is -0.0306. The third-order valence-corrected chi connectivity index (χ3v) is 4.93. The average Bonchev–Trinajstić information content (AvgIpc) is 2.68. The van der Waals surface area contributed by atoms with Crippen molar-refractivity contribution in [1.29, 1.82) is 0 Å². The lowest BCUT2D eigenvalue weighted by molar-refractivity contribution is 0.0570. The summed E-state index contributed by atoms with van der Waals surface area (Å²) in [6.07, 6.45) is 3.14. The Morgan fingerprint density at radius 1 is 1.00 bits per heavy atom. The Morgan fingerprint density at radius 2 is 1.65 bits per heavy atom. The van der Waals surface area contributed by atoms with Crippen LogP contribution < -0.4 is 4.90 Å². The van der Waals surface area contributed by atoms with Gasteiger partial charge in [0, 0.05) is 58.6 Å². The highest BCUT2D eigenvalue weighted by atomic mass is 16.6. The van der Waals surface area contributed by atoms with Crippen molar-refractivity contribution in [2.45, 2.75) is 6.92 Å². The third kappa shape index (κ3) is 4.24. The molecule has 0 bridgehead atoms. The fraction of sp³-hybridized carbons (Fsp3) is 0.611. The molecule has 0 N–H and O–H groups in total. The van der Waals surface area contributed by atoms with Crippen molar-refractivity contribution in [2.24, 2.45) is 0 Å². The van der Waals surface area contributed by atoms with Crippen molar-refractivity contribution in [2.75, 3.05) is 70.9 Å². The summed E-state index contributed by atoms with van der Waals surface area (Å²) in [6, 6.07) is 1.93. The van der Waals surface area contributed by atoms with Gasteiger partial charge in [-0.05, 0) is 20.0 Å². The first-order valence-electron chi connectivity index (χ1n) is 9.18. The molecule has 2 aliphatic rings. The summed E-state index contributed by atoms with van der Waals surface area (Å²) in [4.78, 5) is 36.8. The Hall–Kier alpha value is -2.35. The molecule has 0 saturated carbocycles. The smallest absolute Gasteiger partial charge is 0.409 e. The molecule has 142 valence electrons. The van der Waals surface area contributed by atoms with Crippen LogP contribution in [0.5, 0.6) is 0 Å². The maximum absolute atomic E-state index is 12.8. The minimum Gasteiger partial charge on any atom is -0.450 e. The van der Waals surface area contributed by atoms with Gasteiger partial charge in [-0.15, -0.1) is 0 Å².